The molecule has 0 aliphatic carbocycles. The lowest BCUT2D eigenvalue weighted by atomic mass is 9.86. The lowest BCUT2D eigenvalue weighted by Crippen LogP contribution is -2.21. The van der Waals surface area contributed by atoms with Gasteiger partial charge in [-0.2, -0.15) is 0 Å². The van der Waals surface area contributed by atoms with Gasteiger partial charge < -0.3 is 14.7 Å². The molecular weight excluding hydrogens is 438 g/mol. The van der Waals surface area contributed by atoms with Crippen molar-refractivity contribution in [2.24, 2.45) is 0 Å². The van der Waals surface area contributed by atoms with Crippen LogP contribution < -0.4 is 9.64 Å². The van der Waals surface area contributed by atoms with Crippen LogP contribution in [0.5, 0.6) is 5.75 Å². The summed E-state index contributed by atoms with van der Waals surface area (Å²) in [4.78, 5) is 18.6. The first kappa shape index (κ1) is 22.3. The maximum absolute atomic E-state index is 13.8. The van der Waals surface area contributed by atoms with Crippen LogP contribution in [0.2, 0.25) is 0 Å². The number of hydrogen-bond acceptors (Lipinski definition) is 4. The summed E-state index contributed by atoms with van der Waals surface area (Å²) < 4.78 is 33.0. The summed E-state index contributed by atoms with van der Waals surface area (Å²) in [6.45, 7) is 5.68. The van der Waals surface area contributed by atoms with Gasteiger partial charge in [-0.05, 0) is 84.7 Å². The van der Waals surface area contributed by atoms with Gasteiger partial charge >= 0.3 is 5.97 Å². The highest BCUT2D eigenvalue weighted by Gasteiger charge is 2.30. The van der Waals surface area contributed by atoms with Crippen LogP contribution in [-0.4, -0.2) is 29.2 Å². The van der Waals surface area contributed by atoms with E-state index in [0.29, 0.717) is 37.4 Å². The molecule has 0 unspecified atom stereocenters. The van der Waals surface area contributed by atoms with E-state index in [1.54, 1.807) is 6.07 Å². The summed E-state index contributed by atoms with van der Waals surface area (Å²) in [5.74, 6) is -0.964. The number of carboxylic acids is 1. The molecule has 1 N–H and O–H groups in total. The van der Waals surface area contributed by atoms with Crippen molar-refractivity contribution in [2.45, 2.75) is 46.1 Å². The van der Waals surface area contributed by atoms with Gasteiger partial charge in [0.15, 0.2) is 11.6 Å². The Balaban J connectivity index is 1.64. The van der Waals surface area contributed by atoms with Crippen LogP contribution in [0, 0.1) is 25.5 Å². The Morgan fingerprint density at radius 1 is 1.12 bits per heavy atom. The Bertz CT molecular complexity index is 1310. The number of rotatable bonds is 5. The summed E-state index contributed by atoms with van der Waals surface area (Å²) in [5, 5.41) is 9.64. The molecule has 7 heteroatoms. The van der Waals surface area contributed by atoms with E-state index in [1.807, 2.05) is 19.1 Å². The molecule has 0 spiro atoms. The normalized spacial score (nSPS) is 14.5. The molecule has 0 saturated heterocycles. The third-order valence-electron chi connectivity index (χ3n) is 6.85. The third kappa shape index (κ3) is 3.89. The van der Waals surface area contributed by atoms with Crippen molar-refractivity contribution in [1.82, 2.24) is 4.98 Å². The third-order valence-corrected chi connectivity index (χ3v) is 6.85. The quantitative estimate of drug-likeness (QED) is 0.565. The van der Waals surface area contributed by atoms with Crippen LogP contribution in [0.3, 0.4) is 0 Å². The van der Waals surface area contributed by atoms with Gasteiger partial charge in [0.25, 0.3) is 0 Å². The molecule has 0 amide bonds. The van der Waals surface area contributed by atoms with E-state index in [1.165, 1.54) is 11.6 Å². The van der Waals surface area contributed by atoms with E-state index in [-0.39, 0.29) is 6.42 Å². The van der Waals surface area contributed by atoms with Gasteiger partial charge in [0.05, 0.1) is 13.0 Å². The maximum atomic E-state index is 13.8. The molecule has 0 saturated carbocycles. The van der Waals surface area contributed by atoms with Crippen molar-refractivity contribution in [1.29, 1.82) is 0 Å². The predicted octanol–water partition coefficient (Wildman–Crippen LogP) is 5.16. The first-order valence-corrected chi connectivity index (χ1v) is 11.5. The van der Waals surface area contributed by atoms with E-state index >= 15 is 0 Å². The highest BCUT2D eigenvalue weighted by atomic mass is 19.2. The maximum Gasteiger partial charge on any atom is 0.307 e. The van der Waals surface area contributed by atoms with Crippen LogP contribution in [0.1, 0.15) is 39.9 Å². The fourth-order valence-electron chi connectivity index (χ4n) is 5.20. The van der Waals surface area contributed by atoms with E-state index in [9.17, 15) is 18.7 Å². The molecule has 1 aromatic heterocycles. The number of carboxylic acid groups (broad SMARTS) is 1. The number of aryl methyl sites for hydroxylation is 1. The molecule has 2 aliphatic heterocycles. The molecule has 34 heavy (non-hydrogen) atoms. The number of benzene rings is 2. The van der Waals surface area contributed by atoms with Crippen LogP contribution in [0.25, 0.3) is 11.1 Å². The van der Waals surface area contributed by atoms with Gasteiger partial charge in [0.2, 0.25) is 0 Å². The average Bonchev–Trinajstić information content (AvgIpc) is 3.19. The van der Waals surface area contributed by atoms with Gasteiger partial charge in [-0.25, -0.2) is 13.8 Å². The Labute approximate surface area is 197 Å². The first-order valence-electron chi connectivity index (χ1n) is 11.5. The number of pyridine rings is 1. The van der Waals surface area contributed by atoms with E-state index in [2.05, 4.69) is 11.8 Å². The summed E-state index contributed by atoms with van der Waals surface area (Å²) in [6, 6.07) is 7.94. The summed E-state index contributed by atoms with van der Waals surface area (Å²) in [5.41, 5.74) is 7.28. The van der Waals surface area contributed by atoms with Crippen molar-refractivity contribution < 1.29 is 23.4 Å². The number of halogens is 2. The Morgan fingerprint density at radius 2 is 1.94 bits per heavy atom. The molecule has 3 aromatic rings. The number of ether oxygens (including phenoxy) is 1. The standard InChI is InChI=1S/C27H26F2N2O3/c1-15-18-4-3-11-34-24(18)8-6-19(15)26-20-9-10-31(14-17-5-7-22(28)23(29)12-17)27(20)30-16(2)21(26)13-25(32)33/h5-8,12H,3-4,9-11,13-14H2,1-2H3,(H,32,33). The Kier molecular flexibility index (Phi) is 5.71. The van der Waals surface area contributed by atoms with Gasteiger partial charge in [0, 0.05) is 24.3 Å². The second kappa shape index (κ2) is 8.70. The molecule has 176 valence electrons. The molecule has 2 aliphatic rings. The summed E-state index contributed by atoms with van der Waals surface area (Å²) >= 11 is 0. The lowest BCUT2D eigenvalue weighted by molar-refractivity contribution is -0.136. The van der Waals surface area contributed by atoms with Crippen LogP contribution >= 0.6 is 0 Å². The molecule has 2 aromatic carbocycles. The second-order valence-electron chi connectivity index (χ2n) is 9.01. The summed E-state index contributed by atoms with van der Waals surface area (Å²) in [6.07, 6.45) is 2.46. The minimum atomic E-state index is -0.901. The number of hydrogen-bond donors (Lipinski definition) is 1. The number of anilines is 1. The molecule has 5 nitrogen and oxygen atoms in total. The first-order chi connectivity index (χ1) is 16.3. The fourth-order valence-corrected chi connectivity index (χ4v) is 5.20. The van der Waals surface area contributed by atoms with Gasteiger partial charge in [-0.15, -0.1) is 0 Å². The van der Waals surface area contributed by atoms with Gasteiger partial charge in [0.1, 0.15) is 11.6 Å². The van der Waals surface area contributed by atoms with Crippen LogP contribution in [-0.2, 0) is 30.6 Å². The zero-order valence-electron chi connectivity index (χ0n) is 19.3. The topological polar surface area (TPSA) is 62.7 Å². The van der Waals surface area contributed by atoms with Crippen molar-refractivity contribution in [3.8, 4) is 16.9 Å². The average molecular weight is 465 g/mol. The van der Waals surface area contributed by atoms with E-state index < -0.39 is 17.6 Å². The fraction of sp³-hybridized carbons (Fsp3) is 0.333. The highest BCUT2D eigenvalue weighted by molar-refractivity contribution is 5.85. The number of carbonyl (C=O) groups is 1. The van der Waals surface area contributed by atoms with Gasteiger partial charge in [-0.3, -0.25) is 4.79 Å². The minimum Gasteiger partial charge on any atom is -0.493 e. The molecule has 0 bridgehead atoms. The largest absolute Gasteiger partial charge is 0.493 e. The second-order valence-corrected chi connectivity index (χ2v) is 9.01. The monoisotopic (exact) mass is 464 g/mol. The number of nitrogens with zero attached hydrogens (tertiary/aromatic N) is 2. The van der Waals surface area contributed by atoms with Gasteiger partial charge in [-0.1, -0.05) is 12.1 Å². The van der Waals surface area contributed by atoms with Crippen molar-refractivity contribution >= 4 is 11.8 Å². The lowest BCUT2D eigenvalue weighted by Gasteiger charge is -2.24. The molecular formula is C27H26F2N2O3. The predicted molar refractivity (Wildman–Crippen MR) is 125 cm³/mol. The SMILES string of the molecule is Cc1nc2c(c(-c3ccc4c(c3C)CCCO4)c1CC(=O)O)CCN2Cc1ccc(F)c(F)c1. The molecule has 3 heterocycles. The van der Waals surface area contributed by atoms with E-state index in [4.69, 9.17) is 9.72 Å². The molecule has 0 fully saturated rings. The summed E-state index contributed by atoms with van der Waals surface area (Å²) in [7, 11) is 0. The van der Waals surface area contributed by atoms with Crippen molar-refractivity contribution in [3.63, 3.8) is 0 Å². The highest BCUT2D eigenvalue weighted by Crippen LogP contribution is 2.43. The van der Waals surface area contributed by atoms with Crippen LogP contribution in [0.15, 0.2) is 30.3 Å². The van der Waals surface area contributed by atoms with Crippen molar-refractivity contribution in [2.75, 3.05) is 18.1 Å². The van der Waals surface area contributed by atoms with E-state index in [0.717, 1.165) is 58.3 Å². The Hall–Kier alpha value is -3.48. The Morgan fingerprint density at radius 3 is 2.71 bits per heavy atom. The number of fused-ring (bicyclic) bond motifs is 2. The minimum absolute atomic E-state index is 0.113. The molecule has 0 radical (unpaired) electrons. The zero-order valence-corrected chi connectivity index (χ0v) is 19.3. The molecule has 5 rings (SSSR count). The van der Waals surface area contributed by atoms with Crippen molar-refractivity contribution in [3.05, 3.63) is 75.5 Å². The zero-order chi connectivity index (χ0) is 24.0. The smallest absolute Gasteiger partial charge is 0.307 e. The van der Waals surface area contributed by atoms with Crippen LogP contribution in [0.4, 0.5) is 14.6 Å². The molecule has 0 atom stereocenters. The number of aliphatic carboxylic acids is 1. The number of aromatic nitrogens is 1.